The van der Waals surface area contributed by atoms with E-state index in [4.69, 9.17) is 4.74 Å². The second-order valence-corrected chi connectivity index (χ2v) is 10.0. The summed E-state index contributed by atoms with van der Waals surface area (Å²) in [5, 5.41) is 0. The molecule has 1 N–H and O–H groups in total. The fraction of sp³-hybridized carbons (Fsp3) is 0.500. The Hall–Kier alpha value is -1.90. The first kappa shape index (κ1) is 18.8. The molecule has 0 amide bonds. The average molecular weight is 401 g/mol. The number of rotatable bonds is 3. The van der Waals surface area contributed by atoms with Crippen LogP contribution in [0.4, 0.5) is 0 Å². The molecule has 4 atom stereocenters. The van der Waals surface area contributed by atoms with E-state index in [-0.39, 0.29) is 6.10 Å². The van der Waals surface area contributed by atoms with Crippen molar-refractivity contribution in [2.24, 2.45) is 0 Å². The number of fused-ring (bicyclic) bond motifs is 4. The van der Waals surface area contributed by atoms with Gasteiger partial charge in [0.05, 0.1) is 24.2 Å². The molecule has 156 valence electrons. The van der Waals surface area contributed by atoms with Crippen molar-refractivity contribution in [2.45, 2.75) is 88.1 Å². The van der Waals surface area contributed by atoms with Crippen LogP contribution in [-0.2, 0) is 4.74 Å². The molecule has 2 aliphatic carbocycles. The molecule has 2 aromatic rings. The Kier molecular flexibility index (Phi) is 5.01. The van der Waals surface area contributed by atoms with Crippen molar-refractivity contribution in [3.63, 3.8) is 0 Å². The minimum atomic E-state index is 0.0491. The zero-order valence-electron chi connectivity index (χ0n) is 17.9. The molecule has 30 heavy (non-hydrogen) atoms. The van der Waals surface area contributed by atoms with Crippen molar-refractivity contribution in [1.82, 2.24) is 0 Å². The van der Waals surface area contributed by atoms with E-state index >= 15 is 0 Å². The second kappa shape index (κ2) is 7.98. The van der Waals surface area contributed by atoms with E-state index in [0.717, 1.165) is 18.1 Å². The molecule has 2 nitrogen and oxygen atoms in total. The lowest BCUT2D eigenvalue weighted by Crippen LogP contribution is -3.21. The molecule has 2 heteroatoms. The summed E-state index contributed by atoms with van der Waals surface area (Å²) in [4.78, 5) is 1.97. The van der Waals surface area contributed by atoms with Gasteiger partial charge in [0.1, 0.15) is 6.10 Å². The van der Waals surface area contributed by atoms with Gasteiger partial charge in [0.2, 0.25) is 0 Å². The fourth-order valence-corrected chi connectivity index (χ4v) is 7.01. The first-order chi connectivity index (χ1) is 14.9. The lowest BCUT2D eigenvalue weighted by atomic mass is 9.89. The predicted octanol–water partition coefficient (Wildman–Crippen LogP) is 5.19. The van der Waals surface area contributed by atoms with Crippen LogP contribution in [0.1, 0.15) is 86.1 Å². The topological polar surface area (TPSA) is 13.7 Å². The highest BCUT2D eigenvalue weighted by atomic mass is 16.5. The van der Waals surface area contributed by atoms with Crippen LogP contribution >= 0.6 is 0 Å². The summed E-state index contributed by atoms with van der Waals surface area (Å²) in [6.07, 6.45) is 17.6. The zero-order valence-corrected chi connectivity index (χ0v) is 17.9. The van der Waals surface area contributed by atoms with Crippen molar-refractivity contribution in [3.05, 3.63) is 70.8 Å². The number of quaternary nitrogens is 1. The van der Waals surface area contributed by atoms with E-state index in [1.165, 1.54) is 80.0 Å². The summed E-state index contributed by atoms with van der Waals surface area (Å²) in [5.74, 6) is 0. The maximum Gasteiger partial charge on any atom is 0.109 e. The molecular weight excluding hydrogens is 366 g/mol. The maximum absolute atomic E-state index is 7.03. The van der Waals surface area contributed by atoms with E-state index in [1.54, 1.807) is 0 Å². The van der Waals surface area contributed by atoms with Gasteiger partial charge < -0.3 is 9.64 Å². The first-order valence-corrected chi connectivity index (χ1v) is 12.2. The van der Waals surface area contributed by atoms with Crippen molar-refractivity contribution in [3.8, 4) is 0 Å². The minimum absolute atomic E-state index is 0.0491. The van der Waals surface area contributed by atoms with Gasteiger partial charge in [0.15, 0.2) is 0 Å². The summed E-state index contributed by atoms with van der Waals surface area (Å²) >= 11 is 0. The molecule has 4 aliphatic rings. The number of piperidine rings is 1. The molecule has 2 unspecified atom stereocenters. The van der Waals surface area contributed by atoms with Gasteiger partial charge in [-0.15, -0.1) is 0 Å². The van der Waals surface area contributed by atoms with Gasteiger partial charge in [-0.3, -0.25) is 0 Å². The fourth-order valence-electron chi connectivity index (χ4n) is 7.01. The second-order valence-electron chi connectivity index (χ2n) is 10.0. The Morgan fingerprint density at radius 3 is 1.80 bits per heavy atom. The van der Waals surface area contributed by atoms with Crippen LogP contribution in [0, 0.1) is 0 Å². The zero-order chi connectivity index (χ0) is 19.9. The molecule has 0 spiro atoms. The summed E-state index contributed by atoms with van der Waals surface area (Å²) in [7, 11) is 0. The molecule has 3 fully saturated rings. The quantitative estimate of drug-likeness (QED) is 0.749. The van der Waals surface area contributed by atoms with Crippen LogP contribution in [0.3, 0.4) is 0 Å². The molecule has 2 aliphatic heterocycles. The van der Waals surface area contributed by atoms with Crippen LogP contribution < -0.4 is 4.90 Å². The highest BCUT2D eigenvalue weighted by molar-refractivity contribution is 5.76. The SMILES string of the molecule is C1=Cc2ccccc2C(OC2C[C@H]3CC[C@@H](C2)[NH+]3C2CCCCC2)c2ccccc21. The standard InChI is InChI=1S/C28H33NO/c1-2-10-22(11-3-1)29-23-16-17-24(29)19-25(18-23)30-28-26-12-6-4-8-20(26)14-15-21-9-5-7-13-27(21)28/h4-9,12-15,22-25,28H,1-3,10-11,16-19H2/p+1/t23-,24+,25?. The van der Waals surface area contributed by atoms with Gasteiger partial charge in [-0.25, -0.2) is 0 Å². The molecule has 0 aromatic heterocycles. The Balaban J connectivity index is 1.26. The number of nitrogens with one attached hydrogen (secondary N) is 1. The molecule has 6 rings (SSSR count). The smallest absolute Gasteiger partial charge is 0.109 e. The first-order valence-electron chi connectivity index (χ1n) is 12.2. The van der Waals surface area contributed by atoms with Crippen LogP contribution in [0.25, 0.3) is 12.2 Å². The molecule has 1 saturated carbocycles. The van der Waals surface area contributed by atoms with Crippen molar-refractivity contribution >= 4 is 12.2 Å². The maximum atomic E-state index is 7.03. The molecule has 2 saturated heterocycles. The third-order valence-electron chi connectivity index (χ3n) is 8.31. The summed E-state index contributed by atoms with van der Waals surface area (Å²) in [6.45, 7) is 0. The van der Waals surface area contributed by atoms with Crippen LogP contribution in [0.2, 0.25) is 0 Å². The number of benzene rings is 2. The lowest BCUT2D eigenvalue weighted by molar-refractivity contribution is -0.967. The minimum Gasteiger partial charge on any atom is -0.365 e. The number of hydrogen-bond acceptors (Lipinski definition) is 1. The van der Waals surface area contributed by atoms with Gasteiger partial charge in [-0.05, 0) is 47.9 Å². The van der Waals surface area contributed by atoms with E-state index in [9.17, 15) is 0 Å². The van der Waals surface area contributed by atoms with E-state index < -0.39 is 0 Å². The largest absolute Gasteiger partial charge is 0.365 e. The van der Waals surface area contributed by atoms with Crippen molar-refractivity contribution in [2.75, 3.05) is 0 Å². The monoisotopic (exact) mass is 400 g/mol. The Morgan fingerprint density at radius 1 is 0.633 bits per heavy atom. The lowest BCUT2D eigenvalue weighted by Gasteiger charge is -2.42. The van der Waals surface area contributed by atoms with Gasteiger partial charge >= 0.3 is 0 Å². The number of hydrogen-bond donors (Lipinski definition) is 1. The third-order valence-corrected chi connectivity index (χ3v) is 8.31. The molecule has 2 heterocycles. The van der Waals surface area contributed by atoms with E-state index in [2.05, 4.69) is 60.7 Å². The van der Waals surface area contributed by atoms with Gasteiger partial charge in [0, 0.05) is 25.7 Å². The van der Waals surface area contributed by atoms with Crippen molar-refractivity contribution < 1.29 is 9.64 Å². The predicted molar refractivity (Wildman–Crippen MR) is 122 cm³/mol. The highest BCUT2D eigenvalue weighted by Gasteiger charge is 2.48. The van der Waals surface area contributed by atoms with Crippen molar-refractivity contribution in [1.29, 1.82) is 0 Å². The summed E-state index contributed by atoms with van der Waals surface area (Å²) in [6, 6.07) is 20.2. The average Bonchev–Trinajstić information content (AvgIpc) is 2.97. The summed E-state index contributed by atoms with van der Waals surface area (Å²) in [5.41, 5.74) is 5.25. The van der Waals surface area contributed by atoms with Gasteiger partial charge in [-0.2, -0.15) is 0 Å². The Morgan fingerprint density at radius 2 is 1.20 bits per heavy atom. The van der Waals surface area contributed by atoms with Crippen LogP contribution in [0.5, 0.6) is 0 Å². The van der Waals surface area contributed by atoms with Gasteiger partial charge in [-0.1, -0.05) is 67.1 Å². The Labute approximate surface area is 180 Å². The number of ether oxygens (including phenoxy) is 1. The molecule has 0 radical (unpaired) electrons. The van der Waals surface area contributed by atoms with Crippen LogP contribution in [-0.4, -0.2) is 24.2 Å². The van der Waals surface area contributed by atoms with Gasteiger partial charge in [0.25, 0.3) is 0 Å². The normalized spacial score (nSPS) is 31.2. The van der Waals surface area contributed by atoms with Crippen LogP contribution in [0.15, 0.2) is 48.5 Å². The molecule has 2 bridgehead atoms. The highest BCUT2D eigenvalue weighted by Crippen LogP contribution is 2.38. The van der Waals surface area contributed by atoms with E-state index in [1.807, 2.05) is 4.90 Å². The molecular formula is C28H34NO+. The Bertz CT molecular complexity index is 864. The van der Waals surface area contributed by atoms with E-state index in [0.29, 0.717) is 6.10 Å². The third kappa shape index (κ3) is 3.35. The molecule has 2 aromatic carbocycles. The summed E-state index contributed by atoms with van der Waals surface area (Å²) < 4.78 is 7.03.